The maximum atomic E-state index is 5.70. The summed E-state index contributed by atoms with van der Waals surface area (Å²) in [7, 11) is 0. The molecule has 0 aliphatic heterocycles. The molecule has 0 radical (unpaired) electrons. The molecule has 5 nitrogen and oxygen atoms in total. The van der Waals surface area contributed by atoms with Crippen LogP contribution in [0.25, 0.3) is 0 Å². The second-order valence-corrected chi connectivity index (χ2v) is 5.41. The van der Waals surface area contributed by atoms with Gasteiger partial charge in [-0.3, -0.25) is 0 Å². The molecule has 1 aromatic heterocycles. The van der Waals surface area contributed by atoms with Crippen LogP contribution in [0.5, 0.6) is 0 Å². The van der Waals surface area contributed by atoms with E-state index < -0.39 is 0 Å². The SMILES string of the molecule is CCCC(Cc1nc(C(OCC)C(C)C)no1)NCC. The fraction of sp³-hybridized carbons (Fsp3) is 0.867. The molecule has 1 aromatic rings. The van der Waals surface area contributed by atoms with Gasteiger partial charge in [0.2, 0.25) is 11.7 Å². The summed E-state index contributed by atoms with van der Waals surface area (Å²) in [5, 5.41) is 7.55. The maximum Gasteiger partial charge on any atom is 0.228 e. The van der Waals surface area contributed by atoms with E-state index in [-0.39, 0.29) is 6.10 Å². The van der Waals surface area contributed by atoms with E-state index in [0.717, 1.165) is 25.8 Å². The Kier molecular flexibility index (Phi) is 7.77. The molecule has 0 saturated heterocycles. The number of nitrogens with zero attached hydrogens (tertiary/aromatic N) is 2. The highest BCUT2D eigenvalue weighted by molar-refractivity contribution is 4.94. The Morgan fingerprint density at radius 2 is 2.00 bits per heavy atom. The van der Waals surface area contributed by atoms with E-state index in [1.165, 1.54) is 0 Å². The maximum absolute atomic E-state index is 5.70. The average molecular weight is 283 g/mol. The van der Waals surface area contributed by atoms with Crippen LogP contribution >= 0.6 is 0 Å². The minimum absolute atomic E-state index is 0.0822. The predicted molar refractivity (Wildman–Crippen MR) is 79.6 cm³/mol. The number of hydrogen-bond acceptors (Lipinski definition) is 5. The van der Waals surface area contributed by atoms with Crippen LogP contribution in [0.15, 0.2) is 4.52 Å². The Balaban J connectivity index is 2.69. The Hall–Kier alpha value is -0.940. The lowest BCUT2D eigenvalue weighted by Crippen LogP contribution is -2.30. The zero-order valence-corrected chi connectivity index (χ0v) is 13.5. The molecule has 0 bridgehead atoms. The first-order valence-corrected chi connectivity index (χ1v) is 7.79. The lowest BCUT2D eigenvalue weighted by molar-refractivity contribution is 0.0217. The van der Waals surface area contributed by atoms with E-state index >= 15 is 0 Å². The Morgan fingerprint density at radius 1 is 1.25 bits per heavy atom. The molecule has 0 aromatic carbocycles. The fourth-order valence-electron chi connectivity index (χ4n) is 2.34. The van der Waals surface area contributed by atoms with Gasteiger partial charge in [-0.15, -0.1) is 0 Å². The minimum Gasteiger partial charge on any atom is -0.370 e. The molecular formula is C15H29N3O2. The summed E-state index contributed by atoms with van der Waals surface area (Å²) >= 11 is 0. The van der Waals surface area contributed by atoms with Gasteiger partial charge in [-0.25, -0.2) is 0 Å². The molecule has 1 N–H and O–H groups in total. The minimum atomic E-state index is -0.0822. The number of hydrogen-bond donors (Lipinski definition) is 1. The molecule has 0 fully saturated rings. The molecule has 0 aliphatic carbocycles. The summed E-state index contributed by atoms with van der Waals surface area (Å²) < 4.78 is 11.1. The standard InChI is InChI=1S/C15H29N3O2/c1-6-9-12(16-7-2)10-13-17-15(18-20-13)14(11(4)5)19-8-3/h11-12,14,16H,6-10H2,1-5H3. The van der Waals surface area contributed by atoms with Crippen LogP contribution in [-0.4, -0.2) is 29.3 Å². The molecule has 2 unspecified atom stereocenters. The smallest absolute Gasteiger partial charge is 0.228 e. The summed E-state index contributed by atoms with van der Waals surface area (Å²) in [5.41, 5.74) is 0. The van der Waals surface area contributed by atoms with Crippen molar-refractivity contribution < 1.29 is 9.26 Å². The van der Waals surface area contributed by atoms with Crippen molar-refractivity contribution >= 4 is 0 Å². The van der Waals surface area contributed by atoms with Crippen molar-refractivity contribution in [1.29, 1.82) is 0 Å². The van der Waals surface area contributed by atoms with Gasteiger partial charge in [0.05, 0.1) is 0 Å². The van der Waals surface area contributed by atoms with E-state index in [9.17, 15) is 0 Å². The molecular weight excluding hydrogens is 254 g/mol. The van der Waals surface area contributed by atoms with Gasteiger partial charge in [0, 0.05) is 19.1 Å². The second kappa shape index (κ2) is 9.08. The Morgan fingerprint density at radius 3 is 2.55 bits per heavy atom. The molecule has 1 rings (SSSR count). The van der Waals surface area contributed by atoms with E-state index in [1.807, 2.05) is 6.92 Å². The van der Waals surface area contributed by atoms with Crippen LogP contribution in [0, 0.1) is 5.92 Å². The van der Waals surface area contributed by atoms with Crippen molar-refractivity contribution in [2.24, 2.45) is 5.92 Å². The van der Waals surface area contributed by atoms with Gasteiger partial charge in [0.25, 0.3) is 0 Å². The lowest BCUT2D eigenvalue weighted by atomic mass is 10.1. The summed E-state index contributed by atoms with van der Waals surface area (Å²) in [5.74, 6) is 1.70. The van der Waals surface area contributed by atoms with Gasteiger partial charge in [-0.05, 0) is 25.8 Å². The third-order valence-electron chi connectivity index (χ3n) is 3.24. The first kappa shape index (κ1) is 17.1. The fourth-order valence-corrected chi connectivity index (χ4v) is 2.34. The summed E-state index contributed by atoms with van der Waals surface area (Å²) in [6, 6.07) is 0.405. The summed E-state index contributed by atoms with van der Waals surface area (Å²) in [4.78, 5) is 4.51. The third kappa shape index (κ3) is 5.21. The monoisotopic (exact) mass is 283 g/mol. The van der Waals surface area contributed by atoms with Gasteiger partial charge in [-0.1, -0.05) is 39.3 Å². The molecule has 1 heterocycles. The van der Waals surface area contributed by atoms with E-state index in [0.29, 0.717) is 30.3 Å². The molecule has 0 aliphatic rings. The van der Waals surface area contributed by atoms with Gasteiger partial charge in [-0.2, -0.15) is 4.98 Å². The quantitative estimate of drug-likeness (QED) is 0.715. The highest BCUT2D eigenvalue weighted by atomic mass is 16.5. The normalized spacial score (nSPS) is 14.7. The van der Waals surface area contributed by atoms with Crippen LogP contribution in [0.3, 0.4) is 0 Å². The van der Waals surface area contributed by atoms with E-state index in [4.69, 9.17) is 9.26 Å². The van der Waals surface area contributed by atoms with E-state index in [2.05, 4.69) is 43.2 Å². The number of rotatable bonds is 10. The number of ether oxygens (including phenoxy) is 1. The Bertz CT molecular complexity index is 360. The van der Waals surface area contributed by atoms with Crippen LogP contribution in [0.2, 0.25) is 0 Å². The predicted octanol–water partition coefficient (Wildman–Crippen LogP) is 3.12. The van der Waals surface area contributed by atoms with Gasteiger partial charge in [0.1, 0.15) is 6.10 Å². The van der Waals surface area contributed by atoms with Gasteiger partial charge >= 0.3 is 0 Å². The first-order valence-electron chi connectivity index (χ1n) is 7.79. The van der Waals surface area contributed by atoms with Crippen molar-refractivity contribution in [1.82, 2.24) is 15.5 Å². The number of nitrogens with one attached hydrogen (secondary N) is 1. The Labute approximate surface area is 122 Å². The zero-order chi connectivity index (χ0) is 15.0. The topological polar surface area (TPSA) is 60.2 Å². The molecule has 0 spiro atoms. The molecule has 0 saturated carbocycles. The van der Waals surface area contributed by atoms with Gasteiger partial charge < -0.3 is 14.6 Å². The average Bonchev–Trinajstić information content (AvgIpc) is 2.84. The van der Waals surface area contributed by atoms with Crippen LogP contribution in [-0.2, 0) is 11.2 Å². The van der Waals surface area contributed by atoms with Crippen molar-refractivity contribution in [2.75, 3.05) is 13.2 Å². The van der Waals surface area contributed by atoms with E-state index in [1.54, 1.807) is 0 Å². The van der Waals surface area contributed by atoms with Gasteiger partial charge in [0.15, 0.2) is 0 Å². The third-order valence-corrected chi connectivity index (χ3v) is 3.24. The summed E-state index contributed by atoms with van der Waals surface area (Å²) in [6.45, 7) is 12.1. The molecule has 5 heteroatoms. The largest absolute Gasteiger partial charge is 0.370 e. The molecule has 0 amide bonds. The van der Waals surface area contributed by atoms with Crippen LogP contribution in [0.1, 0.15) is 65.3 Å². The molecule has 2 atom stereocenters. The second-order valence-electron chi connectivity index (χ2n) is 5.41. The zero-order valence-electron chi connectivity index (χ0n) is 13.5. The van der Waals surface area contributed by atoms with Crippen molar-refractivity contribution in [2.45, 2.75) is 66.0 Å². The number of likely N-dealkylation sites (N-methyl/N-ethyl adjacent to an activating group) is 1. The van der Waals surface area contributed by atoms with Crippen molar-refractivity contribution in [3.8, 4) is 0 Å². The van der Waals surface area contributed by atoms with Crippen LogP contribution < -0.4 is 5.32 Å². The molecule has 116 valence electrons. The summed E-state index contributed by atoms with van der Waals surface area (Å²) in [6.07, 6.45) is 2.96. The molecule has 20 heavy (non-hydrogen) atoms. The highest BCUT2D eigenvalue weighted by Crippen LogP contribution is 2.23. The van der Waals surface area contributed by atoms with Crippen LogP contribution in [0.4, 0.5) is 0 Å². The van der Waals surface area contributed by atoms with Crippen molar-refractivity contribution in [3.63, 3.8) is 0 Å². The first-order chi connectivity index (χ1) is 9.62. The number of aromatic nitrogens is 2. The highest BCUT2D eigenvalue weighted by Gasteiger charge is 2.23. The lowest BCUT2D eigenvalue weighted by Gasteiger charge is -2.16. The van der Waals surface area contributed by atoms with Crippen molar-refractivity contribution in [3.05, 3.63) is 11.7 Å².